The van der Waals surface area contributed by atoms with Crippen molar-refractivity contribution in [2.45, 2.75) is 26.3 Å². The van der Waals surface area contributed by atoms with E-state index >= 15 is 0 Å². The van der Waals surface area contributed by atoms with Crippen LogP contribution < -0.4 is 4.90 Å². The Bertz CT molecular complexity index is 846. The third kappa shape index (κ3) is 3.94. The normalized spacial score (nSPS) is 14.6. The largest absolute Gasteiger partial charge is 0.335 e. The lowest BCUT2D eigenvalue weighted by atomic mass is 10.1. The van der Waals surface area contributed by atoms with Gasteiger partial charge in [0.1, 0.15) is 0 Å². The molecular formula is C20H19ClN2O3. The fourth-order valence-electron chi connectivity index (χ4n) is 2.74. The lowest BCUT2D eigenvalue weighted by molar-refractivity contribution is -0.143. The van der Waals surface area contributed by atoms with E-state index in [2.05, 4.69) is 5.16 Å². The van der Waals surface area contributed by atoms with Crippen molar-refractivity contribution in [3.63, 3.8) is 0 Å². The molecule has 0 saturated heterocycles. The van der Waals surface area contributed by atoms with Gasteiger partial charge in [0.2, 0.25) is 0 Å². The lowest BCUT2D eigenvalue weighted by Crippen LogP contribution is -2.29. The summed E-state index contributed by atoms with van der Waals surface area (Å²) in [6.07, 6.45) is 0.679. The van der Waals surface area contributed by atoms with E-state index in [1.165, 1.54) is 0 Å². The minimum atomic E-state index is -0.500. The summed E-state index contributed by atoms with van der Waals surface area (Å²) in [6, 6.07) is 15.4. The van der Waals surface area contributed by atoms with Gasteiger partial charge in [-0.15, -0.1) is 11.6 Å². The molecule has 0 aliphatic carbocycles. The number of fused-ring (bicyclic) bond motifs is 1. The van der Waals surface area contributed by atoms with Crippen LogP contribution in [0.2, 0.25) is 0 Å². The van der Waals surface area contributed by atoms with Gasteiger partial charge in [-0.2, -0.15) is 0 Å². The minimum absolute atomic E-state index is 0.145. The molecule has 1 amide bonds. The maximum Gasteiger partial charge on any atom is 0.335 e. The number of carbonyl (C=O) groups is 2. The molecule has 2 aromatic carbocycles. The van der Waals surface area contributed by atoms with Gasteiger partial charge >= 0.3 is 5.97 Å². The molecule has 0 saturated carbocycles. The number of anilines is 1. The second-order valence-electron chi connectivity index (χ2n) is 6.09. The summed E-state index contributed by atoms with van der Waals surface area (Å²) in [5.74, 6) is -0.407. The predicted molar refractivity (Wildman–Crippen MR) is 101 cm³/mol. The van der Waals surface area contributed by atoms with Gasteiger partial charge in [-0.05, 0) is 25.0 Å². The smallest absolute Gasteiger partial charge is 0.317 e. The van der Waals surface area contributed by atoms with Crippen LogP contribution in [0.5, 0.6) is 0 Å². The van der Waals surface area contributed by atoms with Crippen molar-refractivity contribution in [2.24, 2.45) is 5.16 Å². The van der Waals surface area contributed by atoms with Crippen molar-refractivity contribution in [3.8, 4) is 0 Å². The summed E-state index contributed by atoms with van der Waals surface area (Å²) < 4.78 is 0. The summed E-state index contributed by atoms with van der Waals surface area (Å²) >= 11 is 5.56. The van der Waals surface area contributed by atoms with Gasteiger partial charge in [-0.3, -0.25) is 4.79 Å². The number of nitrogens with zero attached hydrogens (tertiary/aromatic N) is 2. The molecule has 0 aromatic heterocycles. The highest BCUT2D eigenvalue weighted by Crippen LogP contribution is 2.30. The Kier molecular flexibility index (Phi) is 5.68. The summed E-state index contributed by atoms with van der Waals surface area (Å²) in [5.41, 5.74) is 3.74. The van der Waals surface area contributed by atoms with Crippen LogP contribution in [-0.2, 0) is 21.0 Å². The van der Waals surface area contributed by atoms with E-state index in [0.29, 0.717) is 24.4 Å². The molecule has 0 radical (unpaired) electrons. The Balaban J connectivity index is 1.83. The lowest BCUT2D eigenvalue weighted by Gasteiger charge is -2.16. The highest BCUT2D eigenvalue weighted by molar-refractivity contribution is 6.54. The molecule has 0 N–H and O–H groups in total. The van der Waals surface area contributed by atoms with Gasteiger partial charge in [-0.1, -0.05) is 53.2 Å². The van der Waals surface area contributed by atoms with E-state index in [1.54, 1.807) is 11.0 Å². The van der Waals surface area contributed by atoms with Crippen LogP contribution in [0, 0.1) is 6.92 Å². The predicted octanol–water partition coefficient (Wildman–Crippen LogP) is 3.81. The van der Waals surface area contributed by atoms with Gasteiger partial charge in [0.25, 0.3) is 5.91 Å². The number of hydrogen-bond acceptors (Lipinski definition) is 4. The van der Waals surface area contributed by atoms with E-state index in [1.807, 2.05) is 49.4 Å². The van der Waals surface area contributed by atoms with Crippen molar-refractivity contribution in [1.82, 2.24) is 0 Å². The molecule has 2 aromatic rings. The summed E-state index contributed by atoms with van der Waals surface area (Å²) in [4.78, 5) is 31.1. The first kappa shape index (κ1) is 18.1. The van der Waals surface area contributed by atoms with E-state index in [4.69, 9.17) is 16.4 Å². The van der Waals surface area contributed by atoms with Gasteiger partial charge < -0.3 is 9.74 Å². The first-order valence-electron chi connectivity index (χ1n) is 8.41. The first-order chi connectivity index (χ1) is 12.6. The molecule has 3 rings (SSSR count). The van der Waals surface area contributed by atoms with E-state index in [-0.39, 0.29) is 18.0 Å². The summed E-state index contributed by atoms with van der Waals surface area (Å²) in [7, 11) is 0. The van der Waals surface area contributed by atoms with Crippen LogP contribution in [0.4, 0.5) is 5.69 Å². The van der Waals surface area contributed by atoms with Gasteiger partial charge in [0.15, 0.2) is 5.71 Å². The maximum atomic E-state index is 12.8. The van der Waals surface area contributed by atoms with Crippen LogP contribution in [0.25, 0.3) is 0 Å². The van der Waals surface area contributed by atoms with Crippen molar-refractivity contribution in [3.05, 3.63) is 65.2 Å². The van der Waals surface area contributed by atoms with Crippen LogP contribution in [0.15, 0.2) is 53.7 Å². The Hall–Kier alpha value is -2.66. The standard InChI is InChI=1S/C20H19ClN2O3/c1-14-8-10-15(11-9-14)13-23-17-6-3-2-5-16(17)19(20(23)25)22-26-18(24)7-4-12-21/h2-3,5-6,8-11H,4,7,12-13H2,1H3/b22-19+. The van der Waals surface area contributed by atoms with Gasteiger partial charge in [-0.25, -0.2) is 4.79 Å². The quantitative estimate of drug-likeness (QED) is 0.441. The number of alkyl halides is 1. The summed E-state index contributed by atoms with van der Waals surface area (Å²) in [5, 5.41) is 3.84. The molecule has 0 fully saturated rings. The molecular weight excluding hydrogens is 352 g/mol. The van der Waals surface area contributed by atoms with Crippen molar-refractivity contribution in [1.29, 1.82) is 0 Å². The molecule has 26 heavy (non-hydrogen) atoms. The molecule has 0 unspecified atom stereocenters. The maximum absolute atomic E-state index is 12.8. The zero-order valence-corrected chi connectivity index (χ0v) is 15.2. The fraction of sp³-hybridized carbons (Fsp3) is 0.250. The first-order valence-corrected chi connectivity index (χ1v) is 8.94. The molecule has 1 aliphatic heterocycles. The van der Waals surface area contributed by atoms with E-state index in [0.717, 1.165) is 16.8 Å². The van der Waals surface area contributed by atoms with Gasteiger partial charge in [0.05, 0.1) is 12.2 Å². The second-order valence-corrected chi connectivity index (χ2v) is 6.47. The summed E-state index contributed by atoms with van der Waals surface area (Å²) in [6.45, 7) is 2.44. The molecule has 0 atom stereocenters. The van der Waals surface area contributed by atoms with Crippen LogP contribution >= 0.6 is 11.6 Å². The average molecular weight is 371 g/mol. The second kappa shape index (κ2) is 8.15. The molecule has 5 nitrogen and oxygen atoms in total. The zero-order valence-electron chi connectivity index (χ0n) is 14.4. The van der Waals surface area contributed by atoms with Crippen LogP contribution in [0.3, 0.4) is 0 Å². The number of rotatable bonds is 6. The Morgan fingerprint density at radius 3 is 2.62 bits per heavy atom. The number of benzene rings is 2. The Morgan fingerprint density at radius 2 is 1.88 bits per heavy atom. The number of aryl methyl sites for hydroxylation is 1. The molecule has 134 valence electrons. The number of carbonyl (C=O) groups excluding carboxylic acids is 2. The van der Waals surface area contributed by atoms with Crippen molar-refractivity contribution < 1.29 is 14.4 Å². The van der Waals surface area contributed by atoms with Gasteiger partial charge in [0, 0.05) is 17.9 Å². The Labute approximate surface area is 157 Å². The molecule has 0 spiro atoms. The average Bonchev–Trinajstić information content (AvgIpc) is 2.91. The monoisotopic (exact) mass is 370 g/mol. The molecule has 6 heteroatoms. The number of para-hydroxylation sites is 1. The number of oxime groups is 1. The highest BCUT2D eigenvalue weighted by Gasteiger charge is 2.34. The highest BCUT2D eigenvalue weighted by atomic mass is 35.5. The molecule has 1 heterocycles. The SMILES string of the molecule is Cc1ccc(CN2C(=O)/C(=N/OC(=O)CCCCl)c3ccccc32)cc1. The third-order valence-corrected chi connectivity index (χ3v) is 4.38. The topological polar surface area (TPSA) is 59.0 Å². The third-order valence-electron chi connectivity index (χ3n) is 4.11. The fourth-order valence-corrected chi connectivity index (χ4v) is 2.87. The number of halogens is 1. The number of hydrogen-bond donors (Lipinski definition) is 0. The van der Waals surface area contributed by atoms with Crippen LogP contribution in [0.1, 0.15) is 29.5 Å². The molecule has 0 bridgehead atoms. The Morgan fingerprint density at radius 1 is 1.15 bits per heavy atom. The van der Waals surface area contributed by atoms with Crippen molar-refractivity contribution >= 4 is 34.9 Å². The minimum Gasteiger partial charge on any atom is -0.317 e. The van der Waals surface area contributed by atoms with E-state index < -0.39 is 5.97 Å². The van der Waals surface area contributed by atoms with Crippen LogP contribution in [-0.4, -0.2) is 23.5 Å². The van der Waals surface area contributed by atoms with E-state index in [9.17, 15) is 9.59 Å². The number of amides is 1. The van der Waals surface area contributed by atoms with Crippen molar-refractivity contribution in [2.75, 3.05) is 10.8 Å². The molecule has 1 aliphatic rings. The zero-order chi connectivity index (χ0) is 18.5.